The first kappa shape index (κ1) is 18.9. The minimum Gasteiger partial charge on any atom is -0.497 e. The van der Waals surface area contributed by atoms with E-state index < -0.39 is 0 Å². The number of ether oxygens (including phenoxy) is 2. The molecule has 7 heteroatoms. The van der Waals surface area contributed by atoms with Crippen molar-refractivity contribution in [3.8, 4) is 11.5 Å². The van der Waals surface area contributed by atoms with Gasteiger partial charge in [0.05, 0.1) is 30.9 Å². The summed E-state index contributed by atoms with van der Waals surface area (Å²) in [6, 6.07) is 5.82. The molecule has 2 radical (unpaired) electrons. The molecule has 24 heavy (non-hydrogen) atoms. The van der Waals surface area contributed by atoms with Gasteiger partial charge in [-0.25, -0.2) is 4.98 Å². The van der Waals surface area contributed by atoms with Gasteiger partial charge in [0.2, 0.25) is 0 Å². The van der Waals surface area contributed by atoms with E-state index in [1.54, 1.807) is 26.0 Å². The zero-order valence-electron chi connectivity index (χ0n) is 14.3. The maximum atomic E-state index is 5.46. The van der Waals surface area contributed by atoms with Gasteiger partial charge in [-0.2, -0.15) is 0 Å². The summed E-state index contributed by atoms with van der Waals surface area (Å²) in [4.78, 5) is 12.4. The van der Waals surface area contributed by atoms with E-state index in [2.05, 4.69) is 15.0 Å². The molecule has 2 aromatic heterocycles. The standard InChI is InChI=1S/C17H19N3O2S.Mg/c1-10-8-18-15(11(2)16(10)22-4)9-23-17-19-13-6-5-12(21-3)7-14(13)20-17;/h5-8H,9H2,1-4H3,(H,19,20);. The summed E-state index contributed by atoms with van der Waals surface area (Å²) in [6.07, 6.45) is 1.85. The Morgan fingerprint density at radius 2 is 1.96 bits per heavy atom. The van der Waals surface area contributed by atoms with Crippen LogP contribution in [0.3, 0.4) is 0 Å². The first-order chi connectivity index (χ1) is 11.1. The molecule has 3 rings (SSSR count). The lowest BCUT2D eigenvalue weighted by atomic mass is 10.1. The number of fused-ring (bicyclic) bond motifs is 1. The Morgan fingerprint density at radius 3 is 2.67 bits per heavy atom. The smallest absolute Gasteiger partial charge is 0.166 e. The van der Waals surface area contributed by atoms with Crippen molar-refractivity contribution in [1.82, 2.24) is 15.0 Å². The molecule has 2 heterocycles. The molecule has 0 aliphatic carbocycles. The molecule has 0 saturated heterocycles. The highest BCUT2D eigenvalue weighted by Crippen LogP contribution is 2.29. The average Bonchev–Trinajstić information content (AvgIpc) is 2.96. The summed E-state index contributed by atoms with van der Waals surface area (Å²) in [5, 5.41) is 0.869. The fourth-order valence-electron chi connectivity index (χ4n) is 2.51. The minimum atomic E-state index is 0. The topological polar surface area (TPSA) is 60.0 Å². The van der Waals surface area contributed by atoms with E-state index in [0.29, 0.717) is 0 Å². The summed E-state index contributed by atoms with van der Waals surface area (Å²) >= 11 is 1.63. The van der Waals surface area contributed by atoms with Gasteiger partial charge in [-0.05, 0) is 26.0 Å². The lowest BCUT2D eigenvalue weighted by Crippen LogP contribution is -1.98. The molecule has 0 bridgehead atoms. The first-order valence-corrected chi connectivity index (χ1v) is 8.26. The van der Waals surface area contributed by atoms with Gasteiger partial charge in [0.1, 0.15) is 11.5 Å². The minimum absolute atomic E-state index is 0. The van der Waals surface area contributed by atoms with Crippen LogP contribution < -0.4 is 9.47 Å². The number of aromatic nitrogens is 3. The number of thioether (sulfide) groups is 1. The molecule has 0 atom stereocenters. The highest BCUT2D eigenvalue weighted by atomic mass is 32.2. The quantitative estimate of drug-likeness (QED) is 0.562. The SMILES string of the molecule is COc1ccc2[nH]c(SCc3ncc(C)c(OC)c3C)nc2c1.[Mg]. The highest BCUT2D eigenvalue weighted by molar-refractivity contribution is 7.98. The zero-order chi connectivity index (χ0) is 16.4. The molecule has 0 aliphatic heterocycles. The van der Waals surface area contributed by atoms with Crippen molar-refractivity contribution in [1.29, 1.82) is 0 Å². The lowest BCUT2D eigenvalue weighted by molar-refractivity contribution is 0.407. The molecule has 0 unspecified atom stereocenters. The second-order valence-corrected chi connectivity index (χ2v) is 6.22. The highest BCUT2D eigenvalue weighted by Gasteiger charge is 2.11. The number of H-pyrrole nitrogens is 1. The fourth-order valence-corrected chi connectivity index (χ4v) is 3.42. The third-order valence-electron chi connectivity index (χ3n) is 3.76. The molecule has 3 aromatic rings. The van der Waals surface area contributed by atoms with Crippen LogP contribution in [-0.4, -0.2) is 52.2 Å². The second-order valence-electron chi connectivity index (χ2n) is 5.26. The van der Waals surface area contributed by atoms with Gasteiger partial charge in [-0.1, -0.05) is 11.8 Å². The molecule has 0 fully saturated rings. The third-order valence-corrected chi connectivity index (χ3v) is 4.65. The van der Waals surface area contributed by atoms with E-state index in [-0.39, 0.29) is 23.1 Å². The number of aryl methyl sites for hydroxylation is 1. The van der Waals surface area contributed by atoms with Gasteiger partial charge in [-0.15, -0.1) is 0 Å². The van der Waals surface area contributed by atoms with Gasteiger partial charge in [0, 0.05) is 52.2 Å². The number of hydrogen-bond acceptors (Lipinski definition) is 5. The monoisotopic (exact) mass is 353 g/mol. The van der Waals surface area contributed by atoms with Crippen LogP contribution >= 0.6 is 11.8 Å². The van der Waals surface area contributed by atoms with Gasteiger partial charge in [0.25, 0.3) is 0 Å². The number of imidazole rings is 1. The zero-order valence-corrected chi connectivity index (χ0v) is 16.6. The van der Waals surface area contributed by atoms with Gasteiger partial charge in [0.15, 0.2) is 5.16 Å². The van der Waals surface area contributed by atoms with Crippen LogP contribution in [0.5, 0.6) is 11.5 Å². The predicted octanol–water partition coefficient (Wildman–Crippen LogP) is 3.50. The van der Waals surface area contributed by atoms with Gasteiger partial charge >= 0.3 is 0 Å². The summed E-state index contributed by atoms with van der Waals surface area (Å²) < 4.78 is 10.7. The van der Waals surface area contributed by atoms with Crippen LogP contribution in [0.2, 0.25) is 0 Å². The largest absolute Gasteiger partial charge is 0.497 e. The van der Waals surface area contributed by atoms with Gasteiger partial charge < -0.3 is 14.5 Å². The molecule has 0 spiro atoms. The van der Waals surface area contributed by atoms with Crippen molar-refractivity contribution in [3.63, 3.8) is 0 Å². The number of aromatic amines is 1. The van der Waals surface area contributed by atoms with Crippen LogP contribution in [0.25, 0.3) is 11.0 Å². The molecular formula is C17H19MgN3O2S. The normalized spacial score (nSPS) is 10.5. The molecule has 122 valence electrons. The summed E-state index contributed by atoms with van der Waals surface area (Å²) in [6.45, 7) is 4.04. The van der Waals surface area contributed by atoms with E-state index >= 15 is 0 Å². The van der Waals surface area contributed by atoms with Crippen molar-refractivity contribution >= 4 is 45.8 Å². The van der Waals surface area contributed by atoms with E-state index in [9.17, 15) is 0 Å². The molecule has 0 saturated carbocycles. The number of rotatable bonds is 5. The predicted molar refractivity (Wildman–Crippen MR) is 98.2 cm³/mol. The van der Waals surface area contributed by atoms with Crippen LogP contribution in [0.15, 0.2) is 29.6 Å². The number of nitrogens with one attached hydrogen (secondary N) is 1. The Bertz CT molecular complexity index is 851. The second kappa shape index (κ2) is 8.09. The summed E-state index contributed by atoms with van der Waals surface area (Å²) in [7, 11) is 3.35. The van der Waals surface area contributed by atoms with Gasteiger partial charge in [-0.3, -0.25) is 4.98 Å². The number of hydrogen-bond donors (Lipinski definition) is 1. The van der Waals surface area contributed by atoms with Crippen LogP contribution in [0, 0.1) is 13.8 Å². The Hall–Kier alpha value is -1.44. The molecule has 0 aliphatic rings. The number of benzene rings is 1. The molecule has 5 nitrogen and oxygen atoms in total. The Kier molecular flexibility index (Phi) is 6.37. The van der Waals surface area contributed by atoms with Crippen molar-refractivity contribution in [2.75, 3.05) is 14.2 Å². The van der Waals surface area contributed by atoms with Crippen molar-refractivity contribution in [2.45, 2.75) is 24.8 Å². The maximum absolute atomic E-state index is 5.46. The maximum Gasteiger partial charge on any atom is 0.166 e. The Morgan fingerprint density at radius 1 is 1.17 bits per heavy atom. The number of methoxy groups -OCH3 is 2. The van der Waals surface area contributed by atoms with Crippen molar-refractivity contribution in [2.24, 2.45) is 0 Å². The summed E-state index contributed by atoms with van der Waals surface area (Å²) in [5.41, 5.74) is 5.04. The Balaban J connectivity index is 0.00000208. The Labute approximate surface area is 161 Å². The number of nitrogens with zero attached hydrogens (tertiary/aromatic N) is 2. The lowest BCUT2D eigenvalue weighted by Gasteiger charge is -2.11. The number of pyridine rings is 1. The molecule has 0 amide bonds. The molecular weight excluding hydrogens is 335 g/mol. The van der Waals surface area contributed by atoms with E-state index in [0.717, 1.165) is 50.3 Å². The van der Waals surface area contributed by atoms with Crippen molar-refractivity contribution < 1.29 is 9.47 Å². The average molecular weight is 354 g/mol. The van der Waals surface area contributed by atoms with Crippen LogP contribution in [-0.2, 0) is 5.75 Å². The van der Waals surface area contributed by atoms with Crippen LogP contribution in [0.4, 0.5) is 0 Å². The molecule has 1 aromatic carbocycles. The molecule has 1 N–H and O–H groups in total. The van der Waals surface area contributed by atoms with E-state index in [1.165, 1.54) is 0 Å². The summed E-state index contributed by atoms with van der Waals surface area (Å²) in [5.74, 6) is 2.45. The first-order valence-electron chi connectivity index (χ1n) is 7.28. The van der Waals surface area contributed by atoms with Crippen molar-refractivity contribution in [3.05, 3.63) is 41.2 Å². The van der Waals surface area contributed by atoms with E-state index in [1.807, 2.05) is 38.2 Å². The van der Waals surface area contributed by atoms with Crippen LogP contribution in [0.1, 0.15) is 16.8 Å². The van der Waals surface area contributed by atoms with E-state index in [4.69, 9.17) is 9.47 Å². The fraction of sp³-hybridized carbons (Fsp3) is 0.294. The third kappa shape index (κ3) is 3.79.